The van der Waals surface area contributed by atoms with Gasteiger partial charge in [0.15, 0.2) is 0 Å². The molecule has 18 heavy (non-hydrogen) atoms. The topological polar surface area (TPSA) is 21.3 Å². The summed E-state index contributed by atoms with van der Waals surface area (Å²) >= 11 is 0. The molecule has 0 aliphatic heterocycles. The number of anilines is 1. The Morgan fingerprint density at radius 1 is 1.11 bits per heavy atom. The molecule has 2 rings (SSSR count). The molecule has 0 aliphatic rings. The van der Waals surface area contributed by atoms with Crippen LogP contribution in [0.15, 0.2) is 48.5 Å². The fourth-order valence-electron chi connectivity index (χ4n) is 1.85. The van der Waals surface area contributed by atoms with Crippen molar-refractivity contribution in [2.45, 2.75) is 13.0 Å². The predicted octanol–water partition coefficient (Wildman–Crippen LogP) is 4.01. The fraction of sp³-hybridized carbons (Fsp3) is 0.200. The summed E-state index contributed by atoms with van der Waals surface area (Å²) in [6.07, 6.45) is 0. The first-order chi connectivity index (χ1) is 8.70. The lowest BCUT2D eigenvalue weighted by Gasteiger charge is -2.17. The van der Waals surface area contributed by atoms with Crippen molar-refractivity contribution in [1.82, 2.24) is 0 Å². The number of benzene rings is 2. The number of halogens is 1. The summed E-state index contributed by atoms with van der Waals surface area (Å²) in [7, 11) is 1.58. The Balaban J connectivity index is 2.21. The lowest BCUT2D eigenvalue weighted by atomic mass is 10.1. The van der Waals surface area contributed by atoms with Crippen LogP contribution in [0.3, 0.4) is 0 Å². The zero-order valence-electron chi connectivity index (χ0n) is 10.5. The molecule has 2 aromatic rings. The summed E-state index contributed by atoms with van der Waals surface area (Å²) in [5.74, 6) is 0.359. The molecular formula is C15H16FNO. The minimum absolute atomic E-state index is 0.0851. The van der Waals surface area contributed by atoms with Gasteiger partial charge in [-0.15, -0.1) is 0 Å². The molecule has 2 aromatic carbocycles. The van der Waals surface area contributed by atoms with Gasteiger partial charge >= 0.3 is 0 Å². The van der Waals surface area contributed by atoms with Gasteiger partial charge in [0, 0.05) is 12.1 Å². The van der Waals surface area contributed by atoms with E-state index in [2.05, 4.69) is 5.32 Å². The molecule has 0 saturated carbocycles. The molecule has 0 spiro atoms. The lowest BCUT2D eigenvalue weighted by Crippen LogP contribution is -2.07. The highest BCUT2D eigenvalue weighted by molar-refractivity contribution is 5.57. The Bertz CT molecular complexity index is 513. The molecule has 0 saturated heterocycles. The molecule has 94 valence electrons. The molecule has 1 atom stereocenters. The average molecular weight is 245 g/mol. The lowest BCUT2D eigenvalue weighted by molar-refractivity contribution is 0.415. The van der Waals surface area contributed by atoms with Gasteiger partial charge in [0.25, 0.3) is 0 Å². The van der Waals surface area contributed by atoms with Crippen molar-refractivity contribution in [3.05, 3.63) is 59.9 Å². The van der Waals surface area contributed by atoms with Crippen molar-refractivity contribution in [3.63, 3.8) is 0 Å². The van der Waals surface area contributed by atoms with Gasteiger partial charge in [0.1, 0.15) is 11.6 Å². The second-order valence-corrected chi connectivity index (χ2v) is 4.12. The predicted molar refractivity (Wildman–Crippen MR) is 71.4 cm³/mol. The minimum atomic E-state index is -0.279. The average Bonchev–Trinajstić information content (AvgIpc) is 2.40. The largest absolute Gasteiger partial charge is 0.495 e. The normalized spacial score (nSPS) is 11.9. The summed E-state index contributed by atoms with van der Waals surface area (Å²) in [4.78, 5) is 0. The van der Waals surface area contributed by atoms with E-state index in [1.54, 1.807) is 13.2 Å². The Hall–Kier alpha value is -2.03. The summed E-state index contributed by atoms with van der Waals surface area (Å²) in [6.45, 7) is 2.03. The third kappa shape index (κ3) is 2.80. The first-order valence-electron chi connectivity index (χ1n) is 5.85. The number of ether oxygens (including phenoxy) is 1. The molecule has 2 nitrogen and oxygen atoms in total. The highest BCUT2D eigenvalue weighted by Crippen LogP contribution is 2.28. The quantitative estimate of drug-likeness (QED) is 0.878. The molecule has 0 amide bonds. The van der Waals surface area contributed by atoms with Crippen molar-refractivity contribution in [3.8, 4) is 5.75 Å². The van der Waals surface area contributed by atoms with Crippen LogP contribution in [0, 0.1) is 5.82 Å². The maximum atomic E-state index is 13.2. The number of hydrogen-bond donors (Lipinski definition) is 1. The van der Waals surface area contributed by atoms with Crippen LogP contribution in [0.4, 0.5) is 10.1 Å². The van der Waals surface area contributed by atoms with Crippen LogP contribution in [0.1, 0.15) is 18.5 Å². The van der Waals surface area contributed by atoms with E-state index in [0.717, 1.165) is 5.56 Å². The Labute approximate surface area is 106 Å². The maximum absolute atomic E-state index is 13.2. The van der Waals surface area contributed by atoms with Crippen LogP contribution >= 0.6 is 0 Å². The molecule has 0 aliphatic carbocycles. The summed E-state index contributed by atoms with van der Waals surface area (Å²) in [6, 6.07) is 14.5. The van der Waals surface area contributed by atoms with Crippen molar-refractivity contribution in [1.29, 1.82) is 0 Å². The summed E-state index contributed by atoms with van der Waals surface area (Å²) in [5.41, 5.74) is 1.80. The van der Waals surface area contributed by atoms with Crippen LogP contribution in [-0.2, 0) is 0 Å². The molecule has 1 N–H and O–H groups in total. The monoisotopic (exact) mass is 245 g/mol. The number of hydrogen-bond acceptors (Lipinski definition) is 2. The van der Waals surface area contributed by atoms with E-state index in [4.69, 9.17) is 4.74 Å². The Kier molecular flexibility index (Phi) is 3.82. The van der Waals surface area contributed by atoms with Gasteiger partial charge in [-0.1, -0.05) is 30.3 Å². The molecule has 0 fully saturated rings. The van der Waals surface area contributed by atoms with E-state index < -0.39 is 0 Å². The zero-order valence-corrected chi connectivity index (χ0v) is 10.5. The van der Waals surface area contributed by atoms with Gasteiger partial charge in [0.2, 0.25) is 0 Å². The standard InChI is InChI=1S/C15H16FNO/c1-11(12-6-4-3-5-7-12)17-14-10-13(16)8-9-15(14)18-2/h3-11,17H,1-2H3. The summed E-state index contributed by atoms with van der Waals surface area (Å²) < 4.78 is 18.4. The SMILES string of the molecule is COc1ccc(F)cc1NC(C)c1ccccc1. The molecule has 1 unspecified atom stereocenters. The fourth-order valence-corrected chi connectivity index (χ4v) is 1.85. The molecular weight excluding hydrogens is 229 g/mol. The van der Waals surface area contributed by atoms with Crippen LogP contribution in [0.25, 0.3) is 0 Å². The van der Waals surface area contributed by atoms with Crippen molar-refractivity contribution in [2.75, 3.05) is 12.4 Å². The van der Waals surface area contributed by atoms with Crippen molar-refractivity contribution in [2.24, 2.45) is 0 Å². The van der Waals surface area contributed by atoms with E-state index >= 15 is 0 Å². The molecule has 3 heteroatoms. The van der Waals surface area contributed by atoms with Gasteiger partial charge in [0.05, 0.1) is 12.8 Å². The van der Waals surface area contributed by atoms with Crippen LogP contribution in [0.5, 0.6) is 5.75 Å². The van der Waals surface area contributed by atoms with Gasteiger partial charge < -0.3 is 10.1 Å². The first kappa shape index (κ1) is 12.4. The van der Waals surface area contributed by atoms with E-state index in [1.807, 2.05) is 37.3 Å². The molecule has 0 radical (unpaired) electrons. The smallest absolute Gasteiger partial charge is 0.142 e. The highest BCUT2D eigenvalue weighted by atomic mass is 19.1. The van der Waals surface area contributed by atoms with E-state index in [-0.39, 0.29) is 11.9 Å². The molecule has 0 aromatic heterocycles. The highest BCUT2D eigenvalue weighted by Gasteiger charge is 2.09. The van der Waals surface area contributed by atoms with Crippen molar-refractivity contribution >= 4 is 5.69 Å². The van der Waals surface area contributed by atoms with Crippen LogP contribution < -0.4 is 10.1 Å². The third-order valence-corrected chi connectivity index (χ3v) is 2.83. The van der Waals surface area contributed by atoms with Gasteiger partial charge in [-0.05, 0) is 24.6 Å². The summed E-state index contributed by atoms with van der Waals surface area (Å²) in [5, 5.41) is 3.25. The van der Waals surface area contributed by atoms with Crippen LogP contribution in [0.2, 0.25) is 0 Å². The Morgan fingerprint density at radius 3 is 2.50 bits per heavy atom. The minimum Gasteiger partial charge on any atom is -0.495 e. The van der Waals surface area contributed by atoms with Gasteiger partial charge in [-0.2, -0.15) is 0 Å². The maximum Gasteiger partial charge on any atom is 0.142 e. The second kappa shape index (κ2) is 5.54. The number of methoxy groups -OCH3 is 1. The second-order valence-electron chi connectivity index (χ2n) is 4.12. The van der Waals surface area contributed by atoms with Crippen LogP contribution in [-0.4, -0.2) is 7.11 Å². The molecule has 0 heterocycles. The van der Waals surface area contributed by atoms with Crippen molar-refractivity contribution < 1.29 is 9.13 Å². The number of rotatable bonds is 4. The van der Waals surface area contributed by atoms with Gasteiger partial charge in [-0.3, -0.25) is 0 Å². The van der Waals surface area contributed by atoms with Gasteiger partial charge in [-0.25, -0.2) is 4.39 Å². The number of nitrogens with one attached hydrogen (secondary N) is 1. The third-order valence-electron chi connectivity index (χ3n) is 2.83. The van der Waals surface area contributed by atoms with E-state index in [9.17, 15) is 4.39 Å². The molecule has 0 bridgehead atoms. The zero-order chi connectivity index (χ0) is 13.0. The van der Waals surface area contributed by atoms with E-state index in [1.165, 1.54) is 12.1 Å². The Morgan fingerprint density at radius 2 is 1.83 bits per heavy atom. The van der Waals surface area contributed by atoms with E-state index in [0.29, 0.717) is 11.4 Å². The first-order valence-corrected chi connectivity index (χ1v) is 5.85.